The zero-order valence-corrected chi connectivity index (χ0v) is 16.5. The fourth-order valence-corrected chi connectivity index (χ4v) is 4.05. The van der Waals surface area contributed by atoms with Crippen LogP contribution < -0.4 is 10.2 Å². The van der Waals surface area contributed by atoms with Crippen LogP contribution in [0.4, 0.5) is 10.1 Å². The molecule has 5 nitrogen and oxygen atoms in total. The summed E-state index contributed by atoms with van der Waals surface area (Å²) in [7, 11) is 0. The summed E-state index contributed by atoms with van der Waals surface area (Å²) in [6.07, 6.45) is 2.39. The van der Waals surface area contributed by atoms with Crippen molar-refractivity contribution in [3.63, 3.8) is 0 Å². The van der Waals surface area contributed by atoms with E-state index in [-0.39, 0.29) is 29.6 Å². The highest BCUT2D eigenvalue weighted by molar-refractivity contribution is 5.97. The molecule has 152 valence electrons. The number of fused-ring (bicyclic) bond motifs is 1. The number of ether oxygens (including phenoxy) is 1. The second-order valence-electron chi connectivity index (χ2n) is 7.72. The molecule has 1 N–H and O–H groups in total. The minimum Gasteiger partial charge on any atom is -0.381 e. The van der Waals surface area contributed by atoms with Gasteiger partial charge in [0, 0.05) is 36.9 Å². The molecule has 2 aromatic carbocycles. The number of anilines is 1. The van der Waals surface area contributed by atoms with Crippen LogP contribution in [0.3, 0.4) is 0 Å². The third kappa shape index (κ3) is 4.17. The first-order valence-electron chi connectivity index (χ1n) is 10.1. The highest BCUT2D eigenvalue weighted by atomic mass is 19.1. The lowest BCUT2D eigenvalue weighted by atomic mass is 9.98. The Morgan fingerprint density at radius 1 is 1.14 bits per heavy atom. The zero-order valence-electron chi connectivity index (χ0n) is 16.5. The van der Waals surface area contributed by atoms with Crippen LogP contribution in [0.1, 0.15) is 47.3 Å². The number of rotatable bonds is 4. The van der Waals surface area contributed by atoms with E-state index in [1.54, 1.807) is 0 Å². The third-order valence-electron chi connectivity index (χ3n) is 5.79. The van der Waals surface area contributed by atoms with E-state index in [1.165, 1.54) is 24.3 Å². The molecule has 2 aliphatic heterocycles. The molecular formula is C23H25FN2O3. The summed E-state index contributed by atoms with van der Waals surface area (Å²) in [4.78, 5) is 27.2. The van der Waals surface area contributed by atoms with E-state index >= 15 is 0 Å². The van der Waals surface area contributed by atoms with Crippen molar-refractivity contribution in [2.75, 3.05) is 24.7 Å². The van der Waals surface area contributed by atoms with E-state index in [0.29, 0.717) is 25.3 Å². The summed E-state index contributed by atoms with van der Waals surface area (Å²) in [6.45, 7) is 3.93. The minimum atomic E-state index is -0.368. The van der Waals surface area contributed by atoms with Gasteiger partial charge in [-0.1, -0.05) is 12.1 Å². The maximum Gasteiger partial charge on any atom is 0.251 e. The molecule has 0 radical (unpaired) electrons. The zero-order chi connectivity index (χ0) is 20.4. The van der Waals surface area contributed by atoms with E-state index in [4.69, 9.17) is 4.74 Å². The topological polar surface area (TPSA) is 58.6 Å². The standard InChI is InChI=1S/C23H25FN2O3/c1-15(25-22(27)16-2-5-20(24)6-3-16)18-4-7-21-19(14-18)8-11-26(21)23(28)17-9-12-29-13-10-17/h2-7,14-15,17H,8-13H2,1H3,(H,25,27). The normalized spacial score (nSPS) is 17.7. The average Bonchev–Trinajstić information content (AvgIpc) is 3.17. The highest BCUT2D eigenvalue weighted by Gasteiger charge is 2.31. The van der Waals surface area contributed by atoms with Crippen molar-refractivity contribution in [1.82, 2.24) is 5.32 Å². The van der Waals surface area contributed by atoms with Gasteiger partial charge in [-0.15, -0.1) is 0 Å². The van der Waals surface area contributed by atoms with Gasteiger partial charge in [-0.25, -0.2) is 4.39 Å². The van der Waals surface area contributed by atoms with Crippen molar-refractivity contribution in [3.8, 4) is 0 Å². The molecule has 4 rings (SSSR count). The molecule has 2 aromatic rings. The molecule has 2 aliphatic rings. The summed E-state index contributed by atoms with van der Waals surface area (Å²) < 4.78 is 18.4. The molecule has 1 fully saturated rings. The number of halogens is 1. The Labute approximate surface area is 169 Å². The first-order valence-corrected chi connectivity index (χ1v) is 10.1. The molecular weight excluding hydrogens is 371 g/mol. The first-order chi connectivity index (χ1) is 14.0. The number of nitrogens with zero attached hydrogens (tertiary/aromatic N) is 1. The number of amides is 2. The summed E-state index contributed by atoms with van der Waals surface area (Å²) in [6, 6.07) is 11.3. The van der Waals surface area contributed by atoms with Gasteiger partial charge < -0.3 is 15.0 Å². The van der Waals surface area contributed by atoms with Crippen LogP contribution in [0, 0.1) is 11.7 Å². The summed E-state index contributed by atoms with van der Waals surface area (Å²) in [5.74, 6) is -0.372. The number of carbonyl (C=O) groups excluding carboxylic acids is 2. The van der Waals surface area contributed by atoms with Crippen LogP contribution in [0.2, 0.25) is 0 Å². The molecule has 0 bridgehead atoms. The lowest BCUT2D eigenvalue weighted by Crippen LogP contribution is -2.37. The van der Waals surface area contributed by atoms with Gasteiger partial charge in [0.05, 0.1) is 6.04 Å². The Hall–Kier alpha value is -2.73. The van der Waals surface area contributed by atoms with Gasteiger partial charge in [0.15, 0.2) is 0 Å². The van der Waals surface area contributed by atoms with E-state index < -0.39 is 0 Å². The van der Waals surface area contributed by atoms with Crippen LogP contribution in [-0.4, -0.2) is 31.6 Å². The predicted octanol–water partition coefficient (Wildman–Crippen LogP) is 3.63. The predicted molar refractivity (Wildman–Crippen MR) is 108 cm³/mol. The fraction of sp³-hybridized carbons (Fsp3) is 0.391. The molecule has 0 spiro atoms. The molecule has 0 saturated carbocycles. The Kier molecular flexibility index (Phi) is 5.62. The van der Waals surface area contributed by atoms with E-state index in [2.05, 4.69) is 11.4 Å². The van der Waals surface area contributed by atoms with Crippen molar-refractivity contribution in [1.29, 1.82) is 0 Å². The number of hydrogen-bond acceptors (Lipinski definition) is 3. The van der Waals surface area contributed by atoms with Crippen molar-refractivity contribution < 1.29 is 18.7 Å². The number of benzene rings is 2. The van der Waals surface area contributed by atoms with E-state index in [1.807, 2.05) is 24.0 Å². The monoisotopic (exact) mass is 396 g/mol. The van der Waals surface area contributed by atoms with Crippen LogP contribution >= 0.6 is 0 Å². The van der Waals surface area contributed by atoms with Crippen molar-refractivity contribution in [2.45, 2.75) is 32.2 Å². The number of hydrogen-bond donors (Lipinski definition) is 1. The fourth-order valence-electron chi connectivity index (χ4n) is 4.05. The van der Waals surface area contributed by atoms with Gasteiger partial charge in [0.1, 0.15) is 5.82 Å². The molecule has 1 unspecified atom stereocenters. The van der Waals surface area contributed by atoms with Gasteiger partial charge >= 0.3 is 0 Å². The second kappa shape index (κ2) is 8.33. The maximum absolute atomic E-state index is 13.0. The maximum atomic E-state index is 13.0. The van der Waals surface area contributed by atoms with Gasteiger partial charge in [-0.2, -0.15) is 0 Å². The molecule has 29 heavy (non-hydrogen) atoms. The summed E-state index contributed by atoms with van der Waals surface area (Å²) in [5, 5.41) is 2.95. The summed E-state index contributed by atoms with van der Waals surface area (Å²) in [5.41, 5.74) is 3.51. The average molecular weight is 396 g/mol. The van der Waals surface area contributed by atoms with Crippen molar-refractivity contribution in [2.24, 2.45) is 5.92 Å². The van der Waals surface area contributed by atoms with E-state index in [0.717, 1.165) is 36.1 Å². The minimum absolute atomic E-state index is 0.0447. The molecule has 0 aliphatic carbocycles. The Bertz CT molecular complexity index is 907. The number of nitrogens with one attached hydrogen (secondary N) is 1. The lowest BCUT2D eigenvalue weighted by molar-refractivity contribution is -0.125. The van der Waals surface area contributed by atoms with Crippen molar-refractivity contribution >= 4 is 17.5 Å². The Morgan fingerprint density at radius 2 is 1.86 bits per heavy atom. The van der Waals surface area contributed by atoms with Crippen LogP contribution in [0.15, 0.2) is 42.5 Å². The molecule has 1 saturated heterocycles. The Balaban J connectivity index is 1.44. The van der Waals surface area contributed by atoms with E-state index in [9.17, 15) is 14.0 Å². The molecule has 1 atom stereocenters. The van der Waals surface area contributed by atoms with Gasteiger partial charge in [0.25, 0.3) is 5.91 Å². The highest BCUT2D eigenvalue weighted by Crippen LogP contribution is 2.33. The largest absolute Gasteiger partial charge is 0.381 e. The van der Waals surface area contributed by atoms with Crippen LogP contribution in [0.25, 0.3) is 0 Å². The van der Waals surface area contributed by atoms with Gasteiger partial charge in [0.2, 0.25) is 5.91 Å². The first kappa shape index (κ1) is 19.6. The Morgan fingerprint density at radius 3 is 2.59 bits per heavy atom. The van der Waals surface area contributed by atoms with Gasteiger partial charge in [-0.3, -0.25) is 9.59 Å². The molecule has 2 amide bonds. The number of carbonyl (C=O) groups is 2. The third-order valence-corrected chi connectivity index (χ3v) is 5.79. The molecule has 6 heteroatoms. The summed E-state index contributed by atoms with van der Waals surface area (Å²) >= 11 is 0. The molecule has 2 heterocycles. The SMILES string of the molecule is CC(NC(=O)c1ccc(F)cc1)c1ccc2c(c1)CCN2C(=O)C1CCOCC1. The van der Waals surface area contributed by atoms with Gasteiger partial charge in [-0.05, 0) is 67.6 Å². The quantitative estimate of drug-likeness (QED) is 0.859. The van der Waals surface area contributed by atoms with Crippen LogP contribution in [-0.2, 0) is 16.0 Å². The smallest absolute Gasteiger partial charge is 0.251 e. The second-order valence-corrected chi connectivity index (χ2v) is 7.72. The van der Waals surface area contributed by atoms with Crippen LogP contribution in [0.5, 0.6) is 0 Å². The molecule has 0 aromatic heterocycles. The lowest BCUT2D eigenvalue weighted by Gasteiger charge is -2.27. The van der Waals surface area contributed by atoms with Crippen molar-refractivity contribution in [3.05, 3.63) is 65.0 Å².